The Bertz CT molecular complexity index is 1090. The van der Waals surface area contributed by atoms with E-state index in [2.05, 4.69) is 14.8 Å². The normalized spacial score (nSPS) is 23.1. The van der Waals surface area contributed by atoms with Gasteiger partial charge in [0.15, 0.2) is 17.1 Å². The molecule has 2 heterocycles. The second-order valence-electron chi connectivity index (χ2n) is 8.38. The molecule has 5 rings (SSSR count). The Kier molecular flexibility index (Phi) is 4.74. The van der Waals surface area contributed by atoms with Gasteiger partial charge in [-0.05, 0) is 42.7 Å². The highest BCUT2D eigenvalue weighted by Gasteiger charge is 2.54. The molecule has 3 aliphatic rings. The summed E-state index contributed by atoms with van der Waals surface area (Å²) in [5, 5.41) is 3.22. The quantitative estimate of drug-likeness (QED) is 0.623. The number of benzene rings is 2. The zero-order valence-electron chi connectivity index (χ0n) is 16.6. The minimum atomic E-state index is -3.75. The van der Waals surface area contributed by atoms with Gasteiger partial charge in [0, 0.05) is 17.0 Å². The van der Waals surface area contributed by atoms with E-state index in [1.54, 1.807) is 18.2 Å². The summed E-state index contributed by atoms with van der Waals surface area (Å²) < 4.78 is 68.7. The summed E-state index contributed by atoms with van der Waals surface area (Å²) in [5.41, 5.74) is -1.62. The van der Waals surface area contributed by atoms with Gasteiger partial charge in [0.2, 0.25) is 5.91 Å². The number of fused-ring (bicyclic) bond motifs is 2. The average Bonchev–Trinajstić information content (AvgIpc) is 3.50. The minimum absolute atomic E-state index is 0.107. The van der Waals surface area contributed by atoms with Gasteiger partial charge in [0.1, 0.15) is 19.1 Å². The highest BCUT2D eigenvalue weighted by atomic mass is 35.5. The van der Waals surface area contributed by atoms with Crippen LogP contribution in [0.5, 0.6) is 17.2 Å². The Balaban J connectivity index is 1.43. The first kappa shape index (κ1) is 21.2. The van der Waals surface area contributed by atoms with Crippen molar-refractivity contribution in [1.82, 2.24) is 5.32 Å². The third-order valence-electron chi connectivity index (χ3n) is 6.18. The van der Waals surface area contributed by atoms with Gasteiger partial charge < -0.3 is 19.5 Å². The van der Waals surface area contributed by atoms with E-state index in [4.69, 9.17) is 16.3 Å². The van der Waals surface area contributed by atoms with E-state index >= 15 is 0 Å². The lowest BCUT2D eigenvalue weighted by atomic mass is 9.87. The highest BCUT2D eigenvalue weighted by molar-refractivity contribution is 6.30. The number of hydrogen-bond donors (Lipinski definition) is 1. The first-order chi connectivity index (χ1) is 15.2. The molecule has 1 amide bonds. The van der Waals surface area contributed by atoms with Crippen LogP contribution in [0.3, 0.4) is 0 Å². The Morgan fingerprint density at radius 2 is 1.72 bits per heavy atom. The van der Waals surface area contributed by atoms with E-state index in [0.717, 1.165) is 0 Å². The Labute approximate surface area is 185 Å². The zero-order valence-corrected chi connectivity index (χ0v) is 17.4. The first-order valence-electron chi connectivity index (χ1n) is 10.0. The van der Waals surface area contributed by atoms with Gasteiger partial charge in [0.05, 0.1) is 11.5 Å². The molecule has 0 unspecified atom stereocenters. The Hall–Kier alpha value is -2.68. The van der Waals surface area contributed by atoms with Crippen molar-refractivity contribution in [2.24, 2.45) is 0 Å². The third-order valence-corrected chi connectivity index (χ3v) is 6.42. The number of hydrogen-bond acceptors (Lipinski definition) is 4. The summed E-state index contributed by atoms with van der Waals surface area (Å²) in [6.07, 6.45) is -2.88. The third kappa shape index (κ3) is 3.43. The molecule has 32 heavy (non-hydrogen) atoms. The van der Waals surface area contributed by atoms with Crippen molar-refractivity contribution in [1.29, 1.82) is 0 Å². The summed E-state index contributed by atoms with van der Waals surface area (Å²) in [4.78, 5) is 13.3. The lowest BCUT2D eigenvalue weighted by Gasteiger charge is -2.39. The summed E-state index contributed by atoms with van der Waals surface area (Å²) in [6.45, 7) is -2.16. The number of alkyl halides is 4. The molecule has 10 heteroatoms. The van der Waals surface area contributed by atoms with Crippen LogP contribution in [-0.4, -0.2) is 31.2 Å². The number of carbonyl (C=O) groups is 1. The van der Waals surface area contributed by atoms with Gasteiger partial charge in [-0.3, -0.25) is 4.79 Å². The molecule has 1 aliphatic carbocycles. The fraction of sp³-hybridized carbons (Fsp3) is 0.409. The highest BCUT2D eigenvalue weighted by Crippen LogP contribution is 2.52. The molecule has 2 aromatic carbocycles. The van der Waals surface area contributed by atoms with Crippen molar-refractivity contribution < 1.29 is 36.6 Å². The Morgan fingerprint density at radius 1 is 1.00 bits per heavy atom. The molecule has 1 saturated carbocycles. The van der Waals surface area contributed by atoms with E-state index in [1.165, 1.54) is 18.2 Å². The molecule has 0 saturated heterocycles. The SMILES string of the molecule is O=C(N[C@@H]1CC(CF)(CF)Oc2cc(Cl)ccc21)C1(c2ccc3c(c2)OC(F)(F)O3)CC1. The van der Waals surface area contributed by atoms with Crippen molar-refractivity contribution in [3.8, 4) is 17.2 Å². The summed E-state index contributed by atoms with van der Waals surface area (Å²) >= 11 is 6.01. The second kappa shape index (κ2) is 7.16. The molecule has 0 bridgehead atoms. The van der Waals surface area contributed by atoms with Crippen LogP contribution < -0.4 is 19.5 Å². The molecule has 2 aromatic rings. The number of amides is 1. The fourth-order valence-electron chi connectivity index (χ4n) is 4.28. The molecule has 0 aromatic heterocycles. The summed E-state index contributed by atoms with van der Waals surface area (Å²) in [6, 6.07) is 8.24. The predicted octanol–water partition coefficient (Wildman–Crippen LogP) is 5.01. The van der Waals surface area contributed by atoms with Crippen LogP contribution in [0, 0.1) is 0 Å². The topological polar surface area (TPSA) is 56.8 Å². The first-order valence-corrected chi connectivity index (χ1v) is 10.4. The van der Waals surface area contributed by atoms with Crippen LogP contribution in [0.2, 0.25) is 5.02 Å². The number of halogens is 5. The van der Waals surface area contributed by atoms with Gasteiger partial charge in [-0.2, -0.15) is 0 Å². The number of ether oxygens (including phenoxy) is 3. The van der Waals surface area contributed by atoms with Crippen molar-refractivity contribution >= 4 is 17.5 Å². The van der Waals surface area contributed by atoms with Crippen molar-refractivity contribution in [3.63, 3.8) is 0 Å². The zero-order chi connectivity index (χ0) is 22.7. The minimum Gasteiger partial charge on any atom is -0.481 e. The van der Waals surface area contributed by atoms with Gasteiger partial charge in [0.25, 0.3) is 0 Å². The summed E-state index contributed by atoms with van der Waals surface area (Å²) in [7, 11) is 0. The fourth-order valence-corrected chi connectivity index (χ4v) is 4.45. The van der Waals surface area contributed by atoms with E-state index in [1.807, 2.05) is 0 Å². The molecule has 1 fully saturated rings. The van der Waals surface area contributed by atoms with E-state index in [9.17, 15) is 22.4 Å². The monoisotopic (exact) mass is 471 g/mol. The van der Waals surface area contributed by atoms with E-state index in [0.29, 0.717) is 29.0 Å². The van der Waals surface area contributed by atoms with Crippen LogP contribution in [0.1, 0.15) is 36.4 Å². The van der Waals surface area contributed by atoms with Crippen LogP contribution >= 0.6 is 11.6 Å². The standard InChI is InChI=1S/C22H18ClF4NO4/c23-13-2-3-14-15(9-20(10-24,11-25)30-17(14)8-13)28-19(29)21(5-6-21)12-1-4-16-18(7-12)32-22(26,27)31-16/h1-4,7-8,15H,5-6,9-11H2,(H,28,29)/t15-/m1/s1. The van der Waals surface area contributed by atoms with Gasteiger partial charge in [-0.1, -0.05) is 23.7 Å². The summed E-state index contributed by atoms with van der Waals surface area (Å²) in [5.74, 6) is -0.422. The maximum absolute atomic E-state index is 13.7. The van der Waals surface area contributed by atoms with Crippen LogP contribution in [0.4, 0.5) is 17.6 Å². The maximum atomic E-state index is 13.7. The Morgan fingerprint density at radius 3 is 2.41 bits per heavy atom. The average molecular weight is 472 g/mol. The lowest BCUT2D eigenvalue weighted by Crippen LogP contribution is -2.49. The molecule has 0 radical (unpaired) electrons. The molecule has 170 valence electrons. The molecule has 1 atom stereocenters. The van der Waals surface area contributed by atoms with Crippen molar-refractivity contribution in [2.45, 2.75) is 42.6 Å². The molecule has 1 N–H and O–H groups in total. The predicted molar refractivity (Wildman–Crippen MR) is 106 cm³/mol. The van der Waals surface area contributed by atoms with E-state index < -0.39 is 36.7 Å². The van der Waals surface area contributed by atoms with Gasteiger partial charge in [-0.25, -0.2) is 8.78 Å². The van der Waals surface area contributed by atoms with Crippen LogP contribution in [-0.2, 0) is 10.2 Å². The molecule has 5 nitrogen and oxygen atoms in total. The molecular formula is C22H18ClF4NO4. The van der Waals surface area contributed by atoms with Gasteiger partial charge >= 0.3 is 6.29 Å². The number of rotatable bonds is 5. The lowest BCUT2D eigenvalue weighted by molar-refractivity contribution is -0.286. The van der Waals surface area contributed by atoms with E-state index in [-0.39, 0.29) is 29.6 Å². The largest absolute Gasteiger partial charge is 0.586 e. The van der Waals surface area contributed by atoms with Crippen molar-refractivity contribution in [2.75, 3.05) is 13.3 Å². The van der Waals surface area contributed by atoms with Crippen LogP contribution in [0.25, 0.3) is 0 Å². The molecule has 2 aliphatic heterocycles. The smallest absolute Gasteiger partial charge is 0.481 e. The molecular weight excluding hydrogens is 454 g/mol. The number of carbonyl (C=O) groups excluding carboxylic acids is 1. The van der Waals surface area contributed by atoms with Crippen LogP contribution in [0.15, 0.2) is 36.4 Å². The maximum Gasteiger partial charge on any atom is 0.586 e. The molecule has 0 spiro atoms. The second-order valence-corrected chi connectivity index (χ2v) is 8.81. The van der Waals surface area contributed by atoms with Crippen molar-refractivity contribution in [3.05, 3.63) is 52.5 Å². The number of nitrogens with one attached hydrogen (secondary N) is 1. The van der Waals surface area contributed by atoms with Gasteiger partial charge in [-0.15, -0.1) is 8.78 Å².